The summed E-state index contributed by atoms with van der Waals surface area (Å²) in [5, 5.41) is 9.46. The minimum absolute atomic E-state index is 0.171. The van der Waals surface area contributed by atoms with Gasteiger partial charge in [0.2, 0.25) is 0 Å². The molecule has 2 nitrogen and oxygen atoms in total. The lowest BCUT2D eigenvalue weighted by Gasteiger charge is -2.25. The van der Waals surface area contributed by atoms with E-state index in [0.29, 0.717) is 4.88 Å². The van der Waals surface area contributed by atoms with Crippen LogP contribution >= 0.6 is 39.0 Å². The van der Waals surface area contributed by atoms with Gasteiger partial charge in [-0.05, 0) is 61.1 Å². The van der Waals surface area contributed by atoms with Gasteiger partial charge < -0.3 is 5.11 Å². The molecule has 0 saturated carbocycles. The van der Waals surface area contributed by atoms with Gasteiger partial charge in [0.25, 0.3) is 0 Å². The van der Waals surface area contributed by atoms with Crippen molar-refractivity contribution >= 4 is 45.0 Å². The SMILES string of the molecule is Cc1cc(S[C@H](CC(C)(C)C)c2ccc(C(=O)O)s2)cc(C)c1Br. The highest BCUT2D eigenvalue weighted by Gasteiger charge is 2.24. The number of aryl methyl sites for hydroxylation is 2. The summed E-state index contributed by atoms with van der Waals surface area (Å²) in [4.78, 5) is 14.0. The van der Waals surface area contributed by atoms with Crippen molar-refractivity contribution in [3.8, 4) is 0 Å². The predicted molar refractivity (Wildman–Crippen MR) is 108 cm³/mol. The van der Waals surface area contributed by atoms with Crippen molar-refractivity contribution < 1.29 is 9.90 Å². The Labute approximate surface area is 160 Å². The maximum atomic E-state index is 11.2. The van der Waals surface area contributed by atoms with Crippen LogP contribution in [0.1, 0.15) is 58.1 Å². The number of aromatic carboxylic acids is 1. The van der Waals surface area contributed by atoms with E-state index in [0.717, 1.165) is 15.8 Å². The van der Waals surface area contributed by atoms with Crippen LogP contribution in [-0.2, 0) is 0 Å². The van der Waals surface area contributed by atoms with Crippen molar-refractivity contribution in [1.29, 1.82) is 0 Å². The molecule has 1 atom stereocenters. The number of thiophene rings is 1. The number of carbonyl (C=O) groups is 1. The van der Waals surface area contributed by atoms with E-state index in [9.17, 15) is 9.90 Å². The summed E-state index contributed by atoms with van der Waals surface area (Å²) in [6.07, 6.45) is 0.991. The highest BCUT2D eigenvalue weighted by atomic mass is 79.9. The monoisotopic (exact) mass is 426 g/mol. The van der Waals surface area contributed by atoms with Crippen molar-refractivity contribution in [2.45, 2.75) is 51.2 Å². The second kappa shape index (κ2) is 7.63. The van der Waals surface area contributed by atoms with E-state index in [4.69, 9.17) is 0 Å². The fourth-order valence-corrected chi connectivity index (χ4v) is 5.48. The third-order valence-corrected chi connectivity index (χ3v) is 7.44. The number of thioether (sulfide) groups is 1. The number of carboxylic acids is 1. The quantitative estimate of drug-likeness (QED) is 0.518. The molecule has 0 unspecified atom stereocenters. The lowest BCUT2D eigenvalue weighted by atomic mass is 9.90. The molecule has 1 aromatic heterocycles. The Morgan fingerprint density at radius 1 is 1.25 bits per heavy atom. The van der Waals surface area contributed by atoms with Gasteiger partial charge in [-0.3, -0.25) is 0 Å². The first kappa shape index (κ1) is 19.5. The van der Waals surface area contributed by atoms with E-state index in [-0.39, 0.29) is 10.7 Å². The number of hydrogen-bond acceptors (Lipinski definition) is 3. The third-order valence-electron chi connectivity index (χ3n) is 3.64. The summed E-state index contributed by atoms with van der Waals surface area (Å²) in [7, 11) is 0. The molecule has 130 valence electrons. The zero-order valence-corrected chi connectivity index (χ0v) is 17.9. The third kappa shape index (κ3) is 5.11. The fourth-order valence-electron chi connectivity index (χ4n) is 2.54. The number of hydrogen-bond donors (Lipinski definition) is 1. The second-order valence-electron chi connectivity index (χ2n) is 7.25. The van der Waals surface area contributed by atoms with Crippen molar-refractivity contribution in [3.63, 3.8) is 0 Å². The standard InChI is InChI=1S/C19H23BrO2S2/c1-11-8-13(9-12(2)17(11)20)23-16(10-19(3,4)5)14-6-7-15(24-14)18(21)22/h6-9,16H,10H2,1-5H3,(H,21,22)/t16-/m1/s1. The Morgan fingerprint density at radius 2 is 1.83 bits per heavy atom. The Bertz CT molecular complexity index is 721. The summed E-state index contributed by atoms with van der Waals surface area (Å²) in [6, 6.07) is 8.08. The zero-order chi connectivity index (χ0) is 18.1. The summed E-state index contributed by atoms with van der Waals surface area (Å²) in [6.45, 7) is 10.9. The highest BCUT2D eigenvalue weighted by molar-refractivity contribution is 9.10. The Hall–Kier alpha value is -0.780. The van der Waals surface area contributed by atoms with Gasteiger partial charge >= 0.3 is 5.97 Å². The van der Waals surface area contributed by atoms with Crippen LogP contribution in [0.3, 0.4) is 0 Å². The van der Waals surface area contributed by atoms with E-state index < -0.39 is 5.97 Å². The van der Waals surface area contributed by atoms with Crippen molar-refractivity contribution in [3.05, 3.63) is 49.6 Å². The molecule has 0 fully saturated rings. The van der Waals surface area contributed by atoms with Crippen molar-refractivity contribution in [1.82, 2.24) is 0 Å². The summed E-state index contributed by atoms with van der Waals surface area (Å²) in [5.41, 5.74) is 2.62. The number of carboxylic acid groups (broad SMARTS) is 1. The zero-order valence-electron chi connectivity index (χ0n) is 14.6. The number of rotatable bonds is 5. The van der Waals surface area contributed by atoms with E-state index in [2.05, 4.69) is 62.7 Å². The minimum atomic E-state index is -0.846. The summed E-state index contributed by atoms with van der Waals surface area (Å²) in [5.74, 6) is -0.846. The maximum absolute atomic E-state index is 11.2. The van der Waals surface area contributed by atoms with Gasteiger partial charge in [0.15, 0.2) is 0 Å². The largest absolute Gasteiger partial charge is 0.477 e. The van der Waals surface area contributed by atoms with Crippen molar-refractivity contribution in [2.24, 2.45) is 5.41 Å². The Balaban J connectivity index is 2.34. The molecular formula is C19H23BrO2S2. The van der Waals surface area contributed by atoms with Crippen LogP contribution in [0.15, 0.2) is 33.6 Å². The molecule has 2 rings (SSSR count). The summed E-state index contributed by atoms with van der Waals surface area (Å²) >= 11 is 6.84. The molecule has 2 aromatic rings. The second-order valence-corrected chi connectivity index (χ2v) is 10.4. The lowest BCUT2D eigenvalue weighted by Crippen LogP contribution is -2.09. The first-order valence-corrected chi connectivity index (χ1v) is 10.3. The van der Waals surface area contributed by atoms with Gasteiger partial charge in [0.05, 0.1) is 0 Å². The first-order valence-electron chi connectivity index (χ1n) is 7.83. The van der Waals surface area contributed by atoms with Gasteiger partial charge in [-0.15, -0.1) is 23.1 Å². The Morgan fingerprint density at radius 3 is 2.29 bits per heavy atom. The molecule has 0 aliphatic heterocycles. The maximum Gasteiger partial charge on any atom is 0.345 e. The first-order chi connectivity index (χ1) is 11.1. The Kier molecular flexibility index (Phi) is 6.21. The molecule has 5 heteroatoms. The smallest absolute Gasteiger partial charge is 0.345 e. The molecule has 0 spiro atoms. The fraction of sp³-hybridized carbons (Fsp3) is 0.421. The normalized spacial score (nSPS) is 13.1. The average Bonchev–Trinajstić information content (AvgIpc) is 2.92. The van der Waals surface area contributed by atoms with Gasteiger partial charge in [0, 0.05) is 19.5 Å². The van der Waals surface area contributed by atoms with E-state index in [1.54, 1.807) is 6.07 Å². The molecule has 1 aromatic carbocycles. The molecule has 0 bridgehead atoms. The molecule has 1 N–H and O–H groups in total. The van der Waals surface area contributed by atoms with Gasteiger partial charge in [-0.25, -0.2) is 4.79 Å². The van der Waals surface area contributed by atoms with Crippen LogP contribution in [0.4, 0.5) is 0 Å². The van der Waals surface area contributed by atoms with Crippen LogP contribution in [0, 0.1) is 19.3 Å². The summed E-state index contributed by atoms with van der Waals surface area (Å²) < 4.78 is 1.16. The highest BCUT2D eigenvalue weighted by Crippen LogP contribution is 2.46. The van der Waals surface area contributed by atoms with Crippen LogP contribution in [0.2, 0.25) is 0 Å². The molecule has 0 amide bonds. The van der Waals surface area contributed by atoms with Crippen LogP contribution in [0.25, 0.3) is 0 Å². The molecule has 0 saturated heterocycles. The predicted octanol–water partition coefficient (Wildman–Crippen LogP) is 7.10. The van der Waals surface area contributed by atoms with Crippen molar-refractivity contribution in [2.75, 3.05) is 0 Å². The average molecular weight is 427 g/mol. The van der Waals surface area contributed by atoms with Crippen LogP contribution in [-0.4, -0.2) is 11.1 Å². The molecular weight excluding hydrogens is 404 g/mol. The minimum Gasteiger partial charge on any atom is -0.477 e. The molecule has 0 radical (unpaired) electrons. The molecule has 0 aliphatic rings. The molecule has 1 heterocycles. The lowest BCUT2D eigenvalue weighted by molar-refractivity contribution is 0.0702. The van der Waals surface area contributed by atoms with Gasteiger partial charge in [-0.2, -0.15) is 0 Å². The van der Waals surface area contributed by atoms with Gasteiger partial charge in [-0.1, -0.05) is 36.7 Å². The number of halogens is 1. The topological polar surface area (TPSA) is 37.3 Å². The van der Waals surface area contributed by atoms with Crippen LogP contribution < -0.4 is 0 Å². The van der Waals surface area contributed by atoms with E-state index >= 15 is 0 Å². The van der Waals surface area contributed by atoms with E-state index in [1.165, 1.54) is 27.4 Å². The molecule has 0 aliphatic carbocycles. The van der Waals surface area contributed by atoms with Gasteiger partial charge in [0.1, 0.15) is 4.88 Å². The molecule has 24 heavy (non-hydrogen) atoms. The number of benzene rings is 1. The van der Waals surface area contributed by atoms with Crippen LogP contribution in [0.5, 0.6) is 0 Å². The van der Waals surface area contributed by atoms with E-state index in [1.807, 2.05) is 17.8 Å².